The molecule has 33 heavy (non-hydrogen) atoms. The molecule has 0 spiro atoms. The summed E-state index contributed by atoms with van der Waals surface area (Å²) in [6, 6.07) is 16.5. The molecule has 0 aliphatic carbocycles. The van der Waals surface area contributed by atoms with E-state index < -0.39 is 28.3 Å². The van der Waals surface area contributed by atoms with Gasteiger partial charge in [0.15, 0.2) is 11.5 Å². The van der Waals surface area contributed by atoms with E-state index >= 15 is 0 Å². The van der Waals surface area contributed by atoms with E-state index in [1.807, 2.05) is 6.92 Å². The summed E-state index contributed by atoms with van der Waals surface area (Å²) in [6.45, 7) is 1.28. The van der Waals surface area contributed by atoms with Gasteiger partial charge in [0.05, 0.1) is 16.8 Å². The fourth-order valence-corrected chi connectivity index (χ4v) is 4.56. The zero-order chi connectivity index (χ0) is 23.4. The maximum atomic E-state index is 14.5. The van der Waals surface area contributed by atoms with E-state index in [1.54, 1.807) is 30.3 Å². The number of carbonyl (C=O) groups is 1. The minimum absolute atomic E-state index is 0.0620. The maximum absolute atomic E-state index is 14.5. The van der Waals surface area contributed by atoms with Crippen LogP contribution in [0.25, 0.3) is 0 Å². The number of para-hydroxylation sites is 1. The van der Waals surface area contributed by atoms with E-state index in [4.69, 9.17) is 9.47 Å². The number of anilines is 1. The Kier molecular flexibility index (Phi) is 6.27. The minimum atomic E-state index is -4.22. The van der Waals surface area contributed by atoms with Crippen LogP contribution in [0.4, 0.5) is 10.1 Å². The van der Waals surface area contributed by atoms with Crippen LogP contribution in [0, 0.1) is 12.7 Å². The molecule has 0 radical (unpaired) electrons. The highest BCUT2D eigenvalue weighted by Gasteiger charge is 2.29. The molecule has 10 heteroatoms. The maximum Gasteiger partial charge on any atom is 0.264 e. The first-order valence-electron chi connectivity index (χ1n) is 9.90. The SMILES string of the molecule is Cc1ccc(S(=O)(=O)N(CC(=O)N/N=C\c2ccc3c(c2)OCO3)c2ccccc2F)cc1. The Balaban J connectivity index is 1.54. The van der Waals surface area contributed by atoms with Gasteiger partial charge in [0.1, 0.15) is 12.4 Å². The van der Waals surface area contributed by atoms with Gasteiger partial charge in [-0.05, 0) is 55.0 Å². The molecule has 0 unspecified atom stereocenters. The van der Waals surface area contributed by atoms with Crippen molar-refractivity contribution < 1.29 is 27.1 Å². The van der Waals surface area contributed by atoms with Crippen molar-refractivity contribution in [3.05, 3.63) is 83.7 Å². The topological polar surface area (TPSA) is 97.3 Å². The molecule has 4 rings (SSSR count). The Hall–Kier alpha value is -3.92. The highest BCUT2D eigenvalue weighted by Crippen LogP contribution is 2.32. The van der Waals surface area contributed by atoms with Gasteiger partial charge in [-0.1, -0.05) is 29.8 Å². The molecule has 0 atom stereocenters. The molecule has 0 saturated carbocycles. The number of nitrogens with one attached hydrogen (secondary N) is 1. The van der Waals surface area contributed by atoms with Crippen LogP contribution >= 0.6 is 0 Å². The Bertz CT molecular complexity index is 1310. The Morgan fingerprint density at radius 1 is 1.09 bits per heavy atom. The third kappa shape index (κ3) is 4.96. The summed E-state index contributed by atoms with van der Waals surface area (Å²) in [7, 11) is -4.22. The molecule has 8 nitrogen and oxygen atoms in total. The molecule has 1 amide bonds. The van der Waals surface area contributed by atoms with Crippen LogP contribution in [-0.4, -0.2) is 33.9 Å². The third-order valence-electron chi connectivity index (χ3n) is 4.82. The fraction of sp³-hybridized carbons (Fsp3) is 0.130. The molecule has 1 heterocycles. The van der Waals surface area contributed by atoms with E-state index in [-0.39, 0.29) is 17.4 Å². The number of ether oxygens (including phenoxy) is 2. The quantitative estimate of drug-likeness (QED) is 0.423. The van der Waals surface area contributed by atoms with Gasteiger partial charge in [-0.3, -0.25) is 9.10 Å². The predicted octanol–water partition coefficient (Wildman–Crippen LogP) is 3.21. The molecule has 0 aromatic heterocycles. The lowest BCUT2D eigenvalue weighted by Crippen LogP contribution is -2.40. The highest BCUT2D eigenvalue weighted by atomic mass is 32.2. The normalized spacial score (nSPS) is 12.7. The number of hydrogen-bond donors (Lipinski definition) is 1. The number of nitrogens with zero attached hydrogens (tertiary/aromatic N) is 2. The second-order valence-electron chi connectivity index (χ2n) is 7.18. The summed E-state index contributed by atoms with van der Waals surface area (Å²) in [5, 5.41) is 3.87. The van der Waals surface area contributed by atoms with Gasteiger partial charge in [-0.15, -0.1) is 0 Å². The Labute approximate surface area is 190 Å². The molecule has 0 fully saturated rings. The number of sulfonamides is 1. The zero-order valence-electron chi connectivity index (χ0n) is 17.6. The Morgan fingerprint density at radius 3 is 2.58 bits per heavy atom. The average molecular weight is 469 g/mol. The van der Waals surface area contributed by atoms with Crippen molar-refractivity contribution in [3.8, 4) is 11.5 Å². The van der Waals surface area contributed by atoms with Gasteiger partial charge < -0.3 is 9.47 Å². The monoisotopic (exact) mass is 469 g/mol. The van der Waals surface area contributed by atoms with Crippen LogP contribution in [0.2, 0.25) is 0 Å². The average Bonchev–Trinajstić information content (AvgIpc) is 3.26. The lowest BCUT2D eigenvalue weighted by atomic mass is 10.2. The van der Waals surface area contributed by atoms with Crippen molar-refractivity contribution in [2.24, 2.45) is 5.10 Å². The summed E-state index contributed by atoms with van der Waals surface area (Å²) in [6.07, 6.45) is 1.38. The van der Waals surface area contributed by atoms with E-state index in [9.17, 15) is 17.6 Å². The highest BCUT2D eigenvalue weighted by molar-refractivity contribution is 7.92. The summed E-state index contributed by atoms with van der Waals surface area (Å²) < 4.78 is 52.2. The summed E-state index contributed by atoms with van der Waals surface area (Å²) in [5.74, 6) is -0.353. The number of amides is 1. The van der Waals surface area contributed by atoms with Gasteiger partial charge in [0.25, 0.3) is 15.9 Å². The standard InChI is InChI=1S/C23H20FN3O5S/c1-16-6-9-18(10-7-16)33(29,30)27(20-5-3-2-4-19(20)24)14-23(28)26-25-13-17-8-11-21-22(12-17)32-15-31-21/h2-13H,14-15H2,1H3,(H,26,28)/b25-13-. The molecular weight excluding hydrogens is 449 g/mol. The lowest BCUT2D eigenvalue weighted by molar-refractivity contribution is -0.119. The van der Waals surface area contributed by atoms with Crippen LogP contribution in [0.5, 0.6) is 11.5 Å². The van der Waals surface area contributed by atoms with Crippen molar-refractivity contribution >= 4 is 27.8 Å². The lowest BCUT2D eigenvalue weighted by Gasteiger charge is -2.24. The van der Waals surface area contributed by atoms with Crippen LogP contribution in [0.3, 0.4) is 0 Å². The number of aryl methyl sites for hydroxylation is 1. The van der Waals surface area contributed by atoms with Gasteiger partial charge in [-0.2, -0.15) is 5.10 Å². The predicted molar refractivity (Wildman–Crippen MR) is 120 cm³/mol. The second-order valence-corrected chi connectivity index (χ2v) is 9.04. The minimum Gasteiger partial charge on any atom is -0.454 e. The number of benzene rings is 3. The first kappa shape index (κ1) is 22.3. The number of hydrogen-bond acceptors (Lipinski definition) is 6. The molecule has 3 aromatic rings. The van der Waals surface area contributed by atoms with Crippen molar-refractivity contribution in [2.45, 2.75) is 11.8 Å². The van der Waals surface area contributed by atoms with Crippen LogP contribution in [0.15, 0.2) is 76.7 Å². The Morgan fingerprint density at radius 2 is 1.82 bits per heavy atom. The van der Waals surface area contributed by atoms with Crippen molar-refractivity contribution in [1.82, 2.24) is 5.43 Å². The molecule has 3 aromatic carbocycles. The smallest absolute Gasteiger partial charge is 0.264 e. The van der Waals surface area contributed by atoms with Crippen molar-refractivity contribution in [2.75, 3.05) is 17.6 Å². The van der Waals surface area contributed by atoms with Crippen molar-refractivity contribution in [1.29, 1.82) is 0 Å². The zero-order valence-corrected chi connectivity index (χ0v) is 18.4. The number of halogens is 1. The summed E-state index contributed by atoms with van der Waals surface area (Å²) in [4.78, 5) is 12.5. The third-order valence-corrected chi connectivity index (χ3v) is 6.59. The molecule has 170 valence electrons. The molecule has 0 bridgehead atoms. The largest absolute Gasteiger partial charge is 0.454 e. The van der Waals surface area contributed by atoms with Crippen molar-refractivity contribution in [3.63, 3.8) is 0 Å². The first-order chi connectivity index (χ1) is 15.8. The fourth-order valence-electron chi connectivity index (χ4n) is 3.13. The molecular formula is C23H20FN3O5S. The van der Waals surface area contributed by atoms with E-state index in [2.05, 4.69) is 10.5 Å². The van der Waals surface area contributed by atoms with E-state index in [1.165, 1.54) is 36.5 Å². The van der Waals surface area contributed by atoms with Crippen LogP contribution in [0.1, 0.15) is 11.1 Å². The van der Waals surface area contributed by atoms with Crippen LogP contribution in [-0.2, 0) is 14.8 Å². The van der Waals surface area contributed by atoms with Gasteiger partial charge in [-0.25, -0.2) is 18.2 Å². The van der Waals surface area contributed by atoms with Gasteiger partial charge in [0.2, 0.25) is 6.79 Å². The van der Waals surface area contributed by atoms with E-state index in [0.717, 1.165) is 15.9 Å². The molecule has 1 aliphatic rings. The number of carbonyl (C=O) groups excluding carboxylic acids is 1. The van der Waals surface area contributed by atoms with E-state index in [0.29, 0.717) is 17.1 Å². The summed E-state index contributed by atoms with van der Waals surface area (Å²) >= 11 is 0. The molecule has 0 saturated heterocycles. The van der Waals surface area contributed by atoms with Crippen LogP contribution < -0.4 is 19.2 Å². The molecule has 1 N–H and O–H groups in total. The second kappa shape index (κ2) is 9.29. The number of hydrazone groups is 1. The molecule has 1 aliphatic heterocycles. The summed E-state index contributed by atoms with van der Waals surface area (Å²) in [5.41, 5.74) is 3.54. The van der Waals surface area contributed by atoms with Gasteiger partial charge >= 0.3 is 0 Å². The number of rotatable bonds is 7. The first-order valence-corrected chi connectivity index (χ1v) is 11.3. The number of fused-ring (bicyclic) bond motifs is 1. The van der Waals surface area contributed by atoms with Gasteiger partial charge in [0, 0.05) is 0 Å².